The minimum atomic E-state index is -0.547. The second-order valence-corrected chi connectivity index (χ2v) is 14.0. The van der Waals surface area contributed by atoms with Crippen molar-refractivity contribution in [2.75, 3.05) is 64.4 Å². The monoisotopic (exact) mass is 927 g/mol. The first-order valence-corrected chi connectivity index (χ1v) is 20.9. The van der Waals surface area contributed by atoms with E-state index in [1.807, 2.05) is 18.2 Å². The molecule has 17 heteroatoms. The SMILES string of the molecule is CCN(CC)CCOc1cnc(CO)c(F)c1.CCN(CC)CCOc1cnc(COc2cccc3c(Cl)c(Cl)ccc23)c(F)c1.OCc1ncc(OCCBr)cc1F. The Labute approximate surface area is 362 Å². The van der Waals surface area contributed by atoms with Crippen LogP contribution in [0.2, 0.25) is 10.0 Å². The van der Waals surface area contributed by atoms with Crippen LogP contribution in [0.5, 0.6) is 23.0 Å². The van der Waals surface area contributed by atoms with Gasteiger partial charge >= 0.3 is 0 Å². The van der Waals surface area contributed by atoms with Gasteiger partial charge in [0.15, 0.2) is 17.5 Å². The summed E-state index contributed by atoms with van der Waals surface area (Å²) in [6.45, 7) is 14.4. The number of ether oxygens (including phenoxy) is 4. The van der Waals surface area contributed by atoms with E-state index in [9.17, 15) is 13.2 Å². The number of hydrogen-bond donors (Lipinski definition) is 2. The molecule has 5 aromatic rings. The van der Waals surface area contributed by atoms with Crippen molar-refractivity contribution in [2.45, 2.75) is 47.5 Å². The molecule has 0 saturated carbocycles. The van der Waals surface area contributed by atoms with Crippen LogP contribution in [0.3, 0.4) is 0 Å². The molecule has 0 saturated heterocycles. The molecule has 0 aliphatic heterocycles. The molecule has 0 atom stereocenters. The number of fused-ring (bicyclic) bond motifs is 1. The van der Waals surface area contributed by atoms with E-state index in [-0.39, 0.29) is 23.7 Å². The molecule has 3 aromatic heterocycles. The molecule has 0 radical (unpaired) electrons. The smallest absolute Gasteiger partial charge is 0.151 e. The Kier molecular flexibility index (Phi) is 22.6. The van der Waals surface area contributed by atoms with Gasteiger partial charge in [0, 0.05) is 47.4 Å². The fourth-order valence-electron chi connectivity index (χ4n) is 5.28. The Hall–Kier alpha value is -3.96. The lowest BCUT2D eigenvalue weighted by molar-refractivity contribution is 0.221. The van der Waals surface area contributed by atoms with Crippen molar-refractivity contribution in [3.63, 3.8) is 0 Å². The summed E-state index contributed by atoms with van der Waals surface area (Å²) < 4.78 is 62.6. The number of aromatic nitrogens is 3. The van der Waals surface area contributed by atoms with E-state index in [0.717, 1.165) is 50.0 Å². The molecule has 0 aliphatic carbocycles. The van der Waals surface area contributed by atoms with Crippen LogP contribution in [0.4, 0.5) is 13.2 Å². The van der Waals surface area contributed by atoms with Crippen molar-refractivity contribution >= 4 is 49.9 Å². The van der Waals surface area contributed by atoms with Gasteiger partial charge in [-0.05, 0) is 44.4 Å². The molecule has 0 spiro atoms. The molecule has 322 valence electrons. The van der Waals surface area contributed by atoms with Gasteiger partial charge in [0.1, 0.15) is 59.9 Å². The van der Waals surface area contributed by atoms with E-state index >= 15 is 0 Å². The summed E-state index contributed by atoms with van der Waals surface area (Å²) in [5.41, 5.74) is 0.283. The summed E-state index contributed by atoms with van der Waals surface area (Å²) in [6, 6.07) is 12.8. The molecule has 0 aliphatic rings. The highest BCUT2D eigenvalue weighted by Crippen LogP contribution is 2.35. The van der Waals surface area contributed by atoms with Gasteiger partial charge in [-0.25, -0.2) is 13.2 Å². The predicted molar refractivity (Wildman–Crippen MR) is 229 cm³/mol. The maximum atomic E-state index is 14.4. The second kappa shape index (κ2) is 27.0. The van der Waals surface area contributed by atoms with E-state index in [2.05, 4.69) is 68.4 Å². The molecule has 0 bridgehead atoms. The average Bonchev–Trinajstić information content (AvgIpc) is 3.25. The molecule has 2 N–H and O–H groups in total. The quantitative estimate of drug-likeness (QED) is 0.0728. The van der Waals surface area contributed by atoms with Crippen LogP contribution < -0.4 is 18.9 Å². The highest BCUT2D eigenvalue weighted by molar-refractivity contribution is 9.09. The Morgan fingerprint density at radius 2 is 1.07 bits per heavy atom. The van der Waals surface area contributed by atoms with E-state index < -0.39 is 30.7 Å². The van der Waals surface area contributed by atoms with Crippen molar-refractivity contribution in [1.29, 1.82) is 0 Å². The molecule has 0 unspecified atom stereocenters. The minimum absolute atomic E-state index is 0.00901. The zero-order valence-electron chi connectivity index (χ0n) is 33.6. The number of hydrogen-bond acceptors (Lipinski definition) is 11. The molecule has 2 aromatic carbocycles. The van der Waals surface area contributed by atoms with Crippen LogP contribution >= 0.6 is 39.1 Å². The van der Waals surface area contributed by atoms with Crippen LogP contribution in [0, 0.1) is 17.5 Å². The highest BCUT2D eigenvalue weighted by Gasteiger charge is 2.12. The van der Waals surface area contributed by atoms with Crippen molar-refractivity contribution in [3.8, 4) is 23.0 Å². The lowest BCUT2D eigenvalue weighted by Gasteiger charge is -2.18. The lowest BCUT2D eigenvalue weighted by Crippen LogP contribution is -2.27. The molecular formula is C42H51BrCl2F3N5O6. The zero-order chi connectivity index (χ0) is 43.2. The van der Waals surface area contributed by atoms with Crippen molar-refractivity contribution in [2.24, 2.45) is 0 Å². The number of alkyl halides is 1. The second-order valence-electron chi connectivity index (χ2n) is 12.4. The van der Waals surface area contributed by atoms with Gasteiger partial charge < -0.3 is 39.0 Å². The van der Waals surface area contributed by atoms with E-state index in [1.54, 1.807) is 12.1 Å². The number of nitrogens with zero attached hydrogens (tertiary/aromatic N) is 5. The topological polar surface area (TPSA) is 123 Å². The van der Waals surface area contributed by atoms with Crippen molar-refractivity contribution in [3.05, 3.63) is 112 Å². The minimum Gasteiger partial charge on any atom is -0.491 e. The summed E-state index contributed by atoms with van der Waals surface area (Å²) in [5.74, 6) is 0.210. The van der Waals surface area contributed by atoms with Crippen LogP contribution in [0.25, 0.3) is 10.8 Å². The van der Waals surface area contributed by atoms with Gasteiger partial charge in [0.25, 0.3) is 0 Å². The largest absolute Gasteiger partial charge is 0.491 e. The number of pyridine rings is 3. The van der Waals surface area contributed by atoms with Gasteiger partial charge in [0.05, 0.1) is 48.5 Å². The molecule has 0 fully saturated rings. The number of rotatable bonds is 20. The molecule has 11 nitrogen and oxygen atoms in total. The summed E-state index contributed by atoms with van der Waals surface area (Å²) in [7, 11) is 0. The zero-order valence-corrected chi connectivity index (χ0v) is 36.7. The van der Waals surface area contributed by atoms with Crippen molar-refractivity contribution in [1.82, 2.24) is 24.8 Å². The molecule has 5 rings (SSSR count). The van der Waals surface area contributed by atoms with E-state index in [0.29, 0.717) is 58.2 Å². The molecular weight excluding hydrogens is 878 g/mol. The Morgan fingerprint density at radius 3 is 1.49 bits per heavy atom. The average molecular weight is 930 g/mol. The third-order valence-electron chi connectivity index (χ3n) is 8.74. The van der Waals surface area contributed by atoms with Gasteiger partial charge in [-0.2, -0.15) is 0 Å². The first-order chi connectivity index (χ1) is 28.5. The van der Waals surface area contributed by atoms with Gasteiger partial charge in [0.2, 0.25) is 0 Å². The van der Waals surface area contributed by atoms with Crippen molar-refractivity contribution < 1.29 is 42.3 Å². The number of aliphatic hydroxyl groups excluding tert-OH is 2. The standard InChI is InChI=1S/C22H23Cl2FN2O2.C12H19FN2O2.C8H9BrFNO2/c1-3-27(4-2)10-11-28-15-12-19(25)20(26-13-15)14-29-21-7-5-6-17-16(21)8-9-18(23)22(17)24;1-3-15(4-2)5-6-17-10-7-11(13)12(9-16)14-8-10;9-1-2-13-6-3-7(10)8(5-12)11-4-6/h5-9,12-13H,3-4,10-11,14H2,1-2H3;7-8,16H,3-6,9H2,1-2H3;3-4,12H,1-2,5H2. The fourth-order valence-corrected chi connectivity index (χ4v) is 5.84. The number of likely N-dealkylation sites (N-methyl/N-ethyl adjacent to an activating group) is 2. The van der Waals surface area contributed by atoms with E-state index in [1.165, 1.54) is 36.8 Å². The molecule has 59 heavy (non-hydrogen) atoms. The Balaban J connectivity index is 0.000000262. The normalized spacial score (nSPS) is 10.9. The third-order valence-corrected chi connectivity index (χ3v) is 9.88. The Bertz CT molecular complexity index is 2020. The lowest BCUT2D eigenvalue weighted by atomic mass is 10.1. The summed E-state index contributed by atoms with van der Waals surface area (Å²) in [6.07, 6.45) is 4.33. The third kappa shape index (κ3) is 16.2. The number of aliphatic hydroxyl groups is 2. The van der Waals surface area contributed by atoms with Crippen LogP contribution in [0.15, 0.2) is 67.1 Å². The highest BCUT2D eigenvalue weighted by atomic mass is 79.9. The van der Waals surface area contributed by atoms with E-state index in [4.69, 9.17) is 52.4 Å². The maximum absolute atomic E-state index is 14.4. The van der Waals surface area contributed by atoms with Gasteiger partial charge in [-0.15, -0.1) is 0 Å². The maximum Gasteiger partial charge on any atom is 0.151 e. The number of benzene rings is 2. The predicted octanol–water partition coefficient (Wildman–Crippen LogP) is 8.90. The summed E-state index contributed by atoms with van der Waals surface area (Å²) in [4.78, 5) is 16.1. The number of halogens is 6. The first-order valence-electron chi connectivity index (χ1n) is 19.1. The first kappa shape index (κ1) is 49.4. The molecule has 0 amide bonds. The summed E-state index contributed by atoms with van der Waals surface area (Å²) in [5, 5.41) is 20.6. The van der Waals surface area contributed by atoms with Gasteiger partial charge in [-0.1, -0.05) is 79.0 Å². The van der Waals surface area contributed by atoms with Gasteiger partial charge in [-0.3, -0.25) is 15.0 Å². The fraction of sp³-hybridized carbons (Fsp3) is 0.405. The van der Waals surface area contributed by atoms with Crippen LogP contribution in [0.1, 0.15) is 44.8 Å². The Morgan fingerprint density at radius 1 is 0.610 bits per heavy atom. The van der Waals surface area contributed by atoms with Crippen LogP contribution in [-0.2, 0) is 19.8 Å². The van der Waals surface area contributed by atoms with Crippen LogP contribution in [-0.4, -0.2) is 99.4 Å². The molecule has 3 heterocycles. The summed E-state index contributed by atoms with van der Waals surface area (Å²) >= 11 is 15.5.